The highest BCUT2D eigenvalue weighted by molar-refractivity contribution is 7.99. The molecule has 0 amide bonds. The SMILES string of the molecule is CC(=O)[C@@H](C(=O)CCSC[C@H](N)C(=O)O)[C@@H](SC[C@H](N)C(=O)O)c1ccc(Cl)c(Cl)c1. The number of nitrogens with two attached hydrogens (primary N) is 2. The molecular formula is C19H24Cl2N2O6S2. The third-order valence-electron chi connectivity index (χ3n) is 4.24. The molecule has 0 heterocycles. The van der Waals surface area contributed by atoms with Gasteiger partial charge in [-0.3, -0.25) is 19.2 Å². The van der Waals surface area contributed by atoms with Crippen LogP contribution < -0.4 is 11.5 Å². The molecule has 0 unspecified atom stereocenters. The van der Waals surface area contributed by atoms with E-state index in [1.807, 2.05) is 0 Å². The number of carboxylic acid groups (broad SMARTS) is 2. The fraction of sp³-hybridized carbons (Fsp3) is 0.474. The second-order valence-electron chi connectivity index (χ2n) is 6.70. The van der Waals surface area contributed by atoms with Crippen molar-refractivity contribution in [1.82, 2.24) is 0 Å². The first-order valence-corrected chi connectivity index (χ1v) is 12.1. The van der Waals surface area contributed by atoms with Crippen LogP contribution in [0.25, 0.3) is 0 Å². The number of ketones is 2. The standard InChI is InChI=1S/C19H24Cl2N2O6S2/c1-9(24)16(15(25)4-5-30-7-13(22)18(26)27)17(31-8-14(23)19(28)29)10-2-3-11(20)12(21)6-10/h2-3,6,13-14,16-17H,4-5,7-8,22-23H2,1H3,(H,26,27)(H,28,29)/t13-,14-,16-,17-/m0/s1. The summed E-state index contributed by atoms with van der Waals surface area (Å²) in [5.74, 6) is -3.73. The third-order valence-corrected chi connectivity index (χ3v) is 7.52. The Balaban J connectivity index is 3.04. The first kappa shape index (κ1) is 27.7. The summed E-state index contributed by atoms with van der Waals surface area (Å²) in [7, 11) is 0. The molecule has 0 aliphatic heterocycles. The van der Waals surface area contributed by atoms with E-state index in [0.29, 0.717) is 10.6 Å². The molecule has 0 fully saturated rings. The predicted molar refractivity (Wildman–Crippen MR) is 124 cm³/mol. The maximum atomic E-state index is 12.9. The molecule has 4 atom stereocenters. The van der Waals surface area contributed by atoms with Crippen molar-refractivity contribution in [3.8, 4) is 0 Å². The van der Waals surface area contributed by atoms with Crippen molar-refractivity contribution in [3.05, 3.63) is 33.8 Å². The van der Waals surface area contributed by atoms with Crippen molar-refractivity contribution < 1.29 is 29.4 Å². The highest BCUT2D eigenvalue weighted by Gasteiger charge is 2.34. The molecule has 0 saturated carbocycles. The van der Waals surface area contributed by atoms with Crippen molar-refractivity contribution in [3.63, 3.8) is 0 Å². The maximum Gasteiger partial charge on any atom is 0.321 e. The van der Waals surface area contributed by atoms with Gasteiger partial charge in [-0.15, -0.1) is 0 Å². The van der Waals surface area contributed by atoms with Crippen LogP contribution in [0.2, 0.25) is 10.0 Å². The van der Waals surface area contributed by atoms with Gasteiger partial charge >= 0.3 is 11.9 Å². The summed E-state index contributed by atoms with van der Waals surface area (Å²) in [4.78, 5) is 47.2. The number of Topliss-reactive ketones (excluding diaryl/α,β-unsaturated/α-hetero) is 2. The molecule has 0 aromatic heterocycles. The van der Waals surface area contributed by atoms with E-state index in [2.05, 4.69) is 0 Å². The number of halogens is 2. The van der Waals surface area contributed by atoms with Crippen molar-refractivity contribution in [1.29, 1.82) is 0 Å². The molecule has 0 aliphatic carbocycles. The van der Waals surface area contributed by atoms with Crippen LogP contribution in [0.1, 0.15) is 24.2 Å². The molecule has 31 heavy (non-hydrogen) atoms. The number of carboxylic acids is 2. The van der Waals surface area contributed by atoms with E-state index in [-0.39, 0.29) is 40.3 Å². The van der Waals surface area contributed by atoms with Crippen molar-refractivity contribution >= 4 is 70.2 Å². The van der Waals surface area contributed by atoms with E-state index in [0.717, 1.165) is 11.8 Å². The van der Waals surface area contributed by atoms with E-state index >= 15 is 0 Å². The molecule has 12 heteroatoms. The predicted octanol–water partition coefficient (Wildman–Crippen LogP) is 2.49. The third kappa shape index (κ3) is 8.99. The first-order chi connectivity index (χ1) is 14.5. The molecule has 1 aromatic rings. The van der Waals surface area contributed by atoms with Crippen LogP contribution in [0.15, 0.2) is 18.2 Å². The number of aliphatic carboxylic acids is 2. The Hall–Kier alpha value is -1.30. The Morgan fingerprint density at radius 1 is 1.00 bits per heavy atom. The Morgan fingerprint density at radius 3 is 2.10 bits per heavy atom. The van der Waals surface area contributed by atoms with E-state index in [1.54, 1.807) is 6.07 Å². The van der Waals surface area contributed by atoms with Gasteiger partial charge < -0.3 is 21.7 Å². The zero-order chi connectivity index (χ0) is 23.7. The summed E-state index contributed by atoms with van der Waals surface area (Å²) in [5, 5.41) is 17.7. The van der Waals surface area contributed by atoms with Gasteiger partial charge in [0.15, 0.2) is 0 Å². The Morgan fingerprint density at radius 2 is 1.58 bits per heavy atom. The van der Waals surface area contributed by atoms with Gasteiger partial charge in [-0.1, -0.05) is 29.3 Å². The number of hydrogen-bond donors (Lipinski definition) is 4. The smallest absolute Gasteiger partial charge is 0.321 e. The van der Waals surface area contributed by atoms with E-state index < -0.39 is 35.2 Å². The topological polar surface area (TPSA) is 161 Å². The van der Waals surface area contributed by atoms with Crippen molar-refractivity contribution in [2.45, 2.75) is 30.7 Å². The van der Waals surface area contributed by atoms with Gasteiger partial charge in [0.2, 0.25) is 0 Å². The van der Waals surface area contributed by atoms with Crippen LogP contribution in [0.3, 0.4) is 0 Å². The van der Waals surface area contributed by atoms with Crippen molar-refractivity contribution in [2.75, 3.05) is 17.3 Å². The van der Waals surface area contributed by atoms with Gasteiger partial charge in [0.1, 0.15) is 23.7 Å². The summed E-state index contributed by atoms with van der Waals surface area (Å²) in [6.07, 6.45) is 0.0185. The minimum atomic E-state index is -1.20. The van der Waals surface area contributed by atoms with Gasteiger partial charge in [-0.05, 0) is 24.6 Å². The van der Waals surface area contributed by atoms with Crippen LogP contribution >= 0.6 is 46.7 Å². The fourth-order valence-corrected chi connectivity index (χ4v) is 5.22. The van der Waals surface area contributed by atoms with E-state index in [1.165, 1.54) is 30.8 Å². The average molecular weight is 511 g/mol. The maximum absolute atomic E-state index is 12.9. The highest BCUT2D eigenvalue weighted by Crippen LogP contribution is 2.40. The zero-order valence-electron chi connectivity index (χ0n) is 16.6. The average Bonchev–Trinajstić information content (AvgIpc) is 2.69. The molecule has 0 saturated heterocycles. The summed E-state index contributed by atoms with van der Waals surface area (Å²) >= 11 is 14.4. The molecule has 172 valence electrons. The number of thioether (sulfide) groups is 2. The molecule has 1 rings (SSSR count). The molecule has 0 aliphatic rings. The van der Waals surface area contributed by atoms with Crippen LogP contribution in [0, 0.1) is 5.92 Å². The lowest BCUT2D eigenvalue weighted by molar-refractivity contribution is -0.138. The number of carbonyl (C=O) groups is 4. The number of rotatable bonds is 14. The number of benzene rings is 1. The minimum Gasteiger partial charge on any atom is -0.480 e. The monoisotopic (exact) mass is 510 g/mol. The largest absolute Gasteiger partial charge is 0.480 e. The lowest BCUT2D eigenvalue weighted by atomic mass is 9.90. The molecule has 0 spiro atoms. The highest BCUT2D eigenvalue weighted by atomic mass is 35.5. The first-order valence-electron chi connectivity index (χ1n) is 9.09. The van der Waals surface area contributed by atoms with Gasteiger partial charge in [0, 0.05) is 28.9 Å². The zero-order valence-corrected chi connectivity index (χ0v) is 19.8. The lowest BCUT2D eigenvalue weighted by Crippen LogP contribution is -2.34. The van der Waals surface area contributed by atoms with Gasteiger partial charge in [0.05, 0.1) is 16.0 Å². The minimum absolute atomic E-state index is 0.0185. The molecule has 0 radical (unpaired) electrons. The van der Waals surface area contributed by atoms with Crippen LogP contribution in [0.5, 0.6) is 0 Å². The molecule has 6 N–H and O–H groups in total. The van der Waals surface area contributed by atoms with Crippen LogP contribution in [-0.4, -0.2) is 63.1 Å². The molecule has 8 nitrogen and oxygen atoms in total. The second kappa shape index (κ2) is 13.3. The Bertz CT molecular complexity index is 827. The summed E-state index contributed by atoms with van der Waals surface area (Å²) < 4.78 is 0. The van der Waals surface area contributed by atoms with Gasteiger partial charge in [0.25, 0.3) is 0 Å². The van der Waals surface area contributed by atoms with Gasteiger partial charge in [-0.2, -0.15) is 23.5 Å². The Labute approximate surface area is 198 Å². The normalized spacial score (nSPS) is 15.0. The fourth-order valence-electron chi connectivity index (χ4n) is 2.57. The van der Waals surface area contributed by atoms with Crippen LogP contribution in [-0.2, 0) is 19.2 Å². The molecule has 1 aromatic carbocycles. The summed E-state index contributed by atoms with van der Waals surface area (Å²) in [5.41, 5.74) is 11.6. The summed E-state index contributed by atoms with van der Waals surface area (Å²) in [6.45, 7) is 1.29. The quantitative estimate of drug-likeness (QED) is 0.216. The number of hydrogen-bond acceptors (Lipinski definition) is 8. The Kier molecular flexibility index (Phi) is 11.9. The number of carbonyl (C=O) groups excluding carboxylic acids is 2. The molecular weight excluding hydrogens is 487 g/mol. The second-order valence-corrected chi connectivity index (χ2v) is 9.84. The summed E-state index contributed by atoms with van der Waals surface area (Å²) in [6, 6.07) is 2.49. The van der Waals surface area contributed by atoms with E-state index in [9.17, 15) is 19.2 Å². The van der Waals surface area contributed by atoms with Crippen molar-refractivity contribution in [2.24, 2.45) is 17.4 Å². The molecule has 0 bridgehead atoms. The van der Waals surface area contributed by atoms with Gasteiger partial charge in [-0.25, -0.2) is 0 Å². The van der Waals surface area contributed by atoms with E-state index in [4.69, 9.17) is 44.9 Å². The van der Waals surface area contributed by atoms with Crippen LogP contribution in [0.4, 0.5) is 0 Å². The lowest BCUT2D eigenvalue weighted by Gasteiger charge is -2.25.